The van der Waals surface area contributed by atoms with E-state index in [0.29, 0.717) is 11.5 Å². The molecule has 0 aliphatic carbocycles. The number of imidazole rings is 1. The first kappa shape index (κ1) is 10.8. The summed E-state index contributed by atoms with van der Waals surface area (Å²) >= 11 is 0. The van der Waals surface area contributed by atoms with E-state index in [1.165, 1.54) is 12.1 Å². The quantitative estimate of drug-likeness (QED) is 0.711. The minimum absolute atomic E-state index is 0.285. The van der Waals surface area contributed by atoms with Crippen LogP contribution in [-0.2, 0) is 0 Å². The molecule has 2 N–H and O–H groups in total. The fourth-order valence-corrected chi connectivity index (χ4v) is 2.06. The largest absolute Gasteiger partial charge is 0.383 e. The second-order valence-corrected chi connectivity index (χ2v) is 4.23. The fourth-order valence-electron chi connectivity index (χ4n) is 2.06. The van der Waals surface area contributed by atoms with Gasteiger partial charge in [-0.3, -0.25) is 4.40 Å². The number of nitrogens with two attached hydrogens (primary N) is 1. The number of rotatable bonds is 1. The van der Waals surface area contributed by atoms with E-state index in [1.807, 2.05) is 31.3 Å². The van der Waals surface area contributed by atoms with E-state index in [0.717, 1.165) is 16.8 Å². The molecule has 0 unspecified atom stereocenters. The van der Waals surface area contributed by atoms with Crippen molar-refractivity contribution in [2.75, 3.05) is 5.73 Å². The Morgan fingerprint density at radius 1 is 1.22 bits per heavy atom. The van der Waals surface area contributed by atoms with Crippen molar-refractivity contribution in [2.24, 2.45) is 0 Å². The molecule has 1 aromatic carbocycles. The Morgan fingerprint density at radius 3 is 2.83 bits per heavy atom. The molecule has 3 nitrogen and oxygen atoms in total. The highest BCUT2D eigenvalue weighted by Gasteiger charge is 2.13. The van der Waals surface area contributed by atoms with Crippen LogP contribution in [0.3, 0.4) is 0 Å². The van der Waals surface area contributed by atoms with Gasteiger partial charge in [-0.15, -0.1) is 0 Å². The molecule has 2 heterocycles. The summed E-state index contributed by atoms with van der Waals surface area (Å²) in [5.41, 5.74) is 9.13. The summed E-state index contributed by atoms with van der Waals surface area (Å²) in [6.07, 6.45) is 1.84. The summed E-state index contributed by atoms with van der Waals surface area (Å²) in [5, 5.41) is 0. The summed E-state index contributed by atoms with van der Waals surface area (Å²) in [6.45, 7) is 1.91. The lowest BCUT2D eigenvalue weighted by Crippen LogP contribution is -1.94. The van der Waals surface area contributed by atoms with Crippen molar-refractivity contribution in [2.45, 2.75) is 6.92 Å². The van der Waals surface area contributed by atoms with Crippen molar-refractivity contribution in [1.82, 2.24) is 9.38 Å². The predicted molar refractivity (Wildman–Crippen MR) is 69.7 cm³/mol. The highest BCUT2D eigenvalue weighted by molar-refractivity contribution is 5.76. The number of benzene rings is 1. The van der Waals surface area contributed by atoms with Gasteiger partial charge in [0, 0.05) is 11.8 Å². The zero-order valence-electron chi connectivity index (χ0n) is 9.89. The molecule has 0 spiro atoms. The first-order valence-electron chi connectivity index (χ1n) is 5.66. The highest BCUT2D eigenvalue weighted by atomic mass is 19.1. The fraction of sp³-hybridized carbons (Fsp3) is 0.0714. The molecule has 90 valence electrons. The number of nitrogen functional groups attached to an aromatic ring is 1. The molecule has 0 amide bonds. The van der Waals surface area contributed by atoms with Gasteiger partial charge in [0.15, 0.2) is 0 Å². The van der Waals surface area contributed by atoms with Crippen LogP contribution in [0.15, 0.2) is 42.6 Å². The van der Waals surface area contributed by atoms with Crippen LogP contribution in [0.25, 0.3) is 16.9 Å². The molecule has 0 atom stereocenters. The van der Waals surface area contributed by atoms with Crippen LogP contribution in [0.2, 0.25) is 0 Å². The minimum atomic E-state index is -0.285. The molecule has 0 saturated carbocycles. The van der Waals surface area contributed by atoms with Crippen molar-refractivity contribution in [3.8, 4) is 11.3 Å². The topological polar surface area (TPSA) is 43.3 Å². The number of anilines is 1. The maximum Gasteiger partial charge on any atom is 0.139 e. The maximum absolute atomic E-state index is 13.3. The number of aromatic nitrogens is 2. The van der Waals surface area contributed by atoms with Gasteiger partial charge in [-0.2, -0.15) is 0 Å². The third-order valence-corrected chi connectivity index (χ3v) is 3.02. The molecule has 0 radical (unpaired) electrons. The number of hydrogen-bond acceptors (Lipinski definition) is 2. The monoisotopic (exact) mass is 241 g/mol. The van der Waals surface area contributed by atoms with E-state index >= 15 is 0 Å². The molecule has 0 aliphatic heterocycles. The molecular weight excluding hydrogens is 229 g/mol. The van der Waals surface area contributed by atoms with Gasteiger partial charge < -0.3 is 5.73 Å². The third-order valence-electron chi connectivity index (χ3n) is 3.02. The van der Waals surface area contributed by atoms with Crippen molar-refractivity contribution < 1.29 is 4.39 Å². The van der Waals surface area contributed by atoms with Gasteiger partial charge in [0.05, 0.1) is 0 Å². The lowest BCUT2D eigenvalue weighted by Gasteiger charge is -2.03. The van der Waals surface area contributed by atoms with Crippen molar-refractivity contribution in [3.63, 3.8) is 0 Å². The summed E-state index contributed by atoms with van der Waals surface area (Å²) in [5.74, 6) is 0.242. The summed E-state index contributed by atoms with van der Waals surface area (Å²) in [6, 6.07) is 10.3. The summed E-state index contributed by atoms with van der Waals surface area (Å²) in [4.78, 5) is 4.46. The van der Waals surface area contributed by atoms with Crippen LogP contribution < -0.4 is 5.73 Å². The molecular formula is C14H12FN3. The Morgan fingerprint density at radius 2 is 2.06 bits per heavy atom. The van der Waals surface area contributed by atoms with Crippen LogP contribution in [0.4, 0.5) is 10.2 Å². The van der Waals surface area contributed by atoms with E-state index in [2.05, 4.69) is 4.98 Å². The Balaban J connectivity index is 2.31. The summed E-state index contributed by atoms with van der Waals surface area (Å²) in [7, 11) is 0. The molecule has 2 aromatic heterocycles. The SMILES string of the molecule is Cc1ccc(F)cc1-c1nc2ccccn2c1N. The average molecular weight is 241 g/mol. The second-order valence-electron chi connectivity index (χ2n) is 4.23. The number of fused-ring (bicyclic) bond motifs is 1. The summed E-state index contributed by atoms with van der Waals surface area (Å²) < 4.78 is 15.1. The number of pyridine rings is 1. The van der Waals surface area contributed by atoms with E-state index in [9.17, 15) is 4.39 Å². The van der Waals surface area contributed by atoms with Crippen LogP contribution >= 0.6 is 0 Å². The average Bonchev–Trinajstić information content (AvgIpc) is 2.71. The molecule has 3 rings (SSSR count). The molecule has 0 bridgehead atoms. The standard InChI is InChI=1S/C14H12FN3/c1-9-5-6-10(15)8-11(9)13-14(16)18-7-3-2-4-12(18)17-13/h2-8H,16H2,1H3. The van der Waals surface area contributed by atoms with Crippen LogP contribution in [0.5, 0.6) is 0 Å². The van der Waals surface area contributed by atoms with Crippen molar-refractivity contribution in [1.29, 1.82) is 0 Å². The second kappa shape index (κ2) is 3.84. The first-order valence-corrected chi connectivity index (χ1v) is 5.66. The molecule has 3 aromatic rings. The third kappa shape index (κ3) is 1.54. The molecule has 0 aliphatic rings. The zero-order valence-corrected chi connectivity index (χ0v) is 9.89. The number of nitrogens with zero attached hydrogens (tertiary/aromatic N) is 2. The molecule has 18 heavy (non-hydrogen) atoms. The van der Waals surface area contributed by atoms with Crippen LogP contribution in [-0.4, -0.2) is 9.38 Å². The van der Waals surface area contributed by atoms with E-state index in [-0.39, 0.29) is 5.82 Å². The van der Waals surface area contributed by atoms with Gasteiger partial charge in [-0.25, -0.2) is 9.37 Å². The van der Waals surface area contributed by atoms with Gasteiger partial charge in [0.2, 0.25) is 0 Å². The van der Waals surface area contributed by atoms with Gasteiger partial charge in [0.25, 0.3) is 0 Å². The molecule has 0 saturated heterocycles. The van der Waals surface area contributed by atoms with Gasteiger partial charge in [0.1, 0.15) is 23.0 Å². The Labute approximate surface area is 104 Å². The smallest absolute Gasteiger partial charge is 0.139 e. The number of hydrogen-bond donors (Lipinski definition) is 1. The maximum atomic E-state index is 13.3. The predicted octanol–water partition coefficient (Wildman–Crippen LogP) is 3.03. The van der Waals surface area contributed by atoms with Crippen molar-refractivity contribution >= 4 is 11.5 Å². The van der Waals surface area contributed by atoms with Gasteiger partial charge >= 0.3 is 0 Å². The highest BCUT2D eigenvalue weighted by Crippen LogP contribution is 2.29. The lowest BCUT2D eigenvalue weighted by atomic mass is 10.1. The van der Waals surface area contributed by atoms with Gasteiger partial charge in [-0.1, -0.05) is 12.1 Å². The lowest BCUT2D eigenvalue weighted by molar-refractivity contribution is 0.628. The number of aryl methyl sites for hydroxylation is 1. The Bertz CT molecular complexity index is 731. The molecule has 0 fully saturated rings. The van der Waals surface area contributed by atoms with Crippen molar-refractivity contribution in [3.05, 3.63) is 54.0 Å². The first-order chi connectivity index (χ1) is 8.66. The zero-order chi connectivity index (χ0) is 12.7. The van der Waals surface area contributed by atoms with E-state index in [4.69, 9.17) is 5.73 Å². The molecule has 4 heteroatoms. The van der Waals surface area contributed by atoms with Gasteiger partial charge in [-0.05, 0) is 36.8 Å². The Hall–Kier alpha value is -2.36. The van der Waals surface area contributed by atoms with E-state index in [1.54, 1.807) is 10.5 Å². The normalized spacial score (nSPS) is 11.0. The van der Waals surface area contributed by atoms with Crippen LogP contribution in [0.1, 0.15) is 5.56 Å². The number of halogens is 1. The van der Waals surface area contributed by atoms with Crippen LogP contribution in [0, 0.1) is 12.7 Å². The minimum Gasteiger partial charge on any atom is -0.383 e. The van der Waals surface area contributed by atoms with E-state index < -0.39 is 0 Å². The Kier molecular flexibility index (Phi) is 2.30.